The molecule has 2 heterocycles. The Morgan fingerprint density at radius 3 is 2.47 bits per heavy atom. The highest BCUT2D eigenvalue weighted by Crippen LogP contribution is 2.20. The summed E-state index contributed by atoms with van der Waals surface area (Å²) in [6, 6.07) is 15.7. The largest absolute Gasteiger partial charge is 0.408 e. The van der Waals surface area contributed by atoms with Gasteiger partial charge in [0.05, 0.1) is 18.1 Å². The van der Waals surface area contributed by atoms with Crippen LogP contribution in [-0.4, -0.2) is 60.9 Å². The molecule has 168 valence electrons. The fourth-order valence-corrected chi connectivity index (χ4v) is 5.33. The van der Waals surface area contributed by atoms with Crippen LogP contribution in [0.15, 0.2) is 68.8 Å². The first-order valence-corrected chi connectivity index (χ1v) is 12.4. The SMILES string of the molecule is O=C(Nc1nnc(CCSc2ccccc2)o1)c1ccc(S(=O)(=O)N2CCOCC2)cc1. The van der Waals surface area contributed by atoms with Crippen molar-refractivity contribution in [3.8, 4) is 0 Å². The van der Waals surface area contributed by atoms with E-state index in [2.05, 4.69) is 15.5 Å². The van der Waals surface area contributed by atoms with Crippen LogP contribution in [0.4, 0.5) is 6.01 Å². The number of hydrogen-bond acceptors (Lipinski definition) is 8. The molecule has 32 heavy (non-hydrogen) atoms. The van der Waals surface area contributed by atoms with Gasteiger partial charge in [-0.25, -0.2) is 8.42 Å². The van der Waals surface area contributed by atoms with Crippen molar-refractivity contribution >= 4 is 33.7 Å². The molecule has 1 saturated heterocycles. The lowest BCUT2D eigenvalue weighted by Gasteiger charge is -2.26. The highest BCUT2D eigenvalue weighted by molar-refractivity contribution is 7.99. The number of thioether (sulfide) groups is 1. The maximum Gasteiger partial charge on any atom is 0.322 e. The number of hydrogen-bond donors (Lipinski definition) is 1. The second-order valence-corrected chi connectivity index (χ2v) is 10.0. The number of nitrogens with one attached hydrogen (secondary N) is 1. The van der Waals surface area contributed by atoms with Crippen molar-refractivity contribution in [1.82, 2.24) is 14.5 Å². The van der Waals surface area contributed by atoms with Crippen LogP contribution in [0.25, 0.3) is 0 Å². The number of aromatic nitrogens is 2. The molecular weight excluding hydrogens is 452 g/mol. The fourth-order valence-electron chi connectivity index (χ4n) is 3.06. The molecular formula is C21H22N4O5S2. The number of morpholine rings is 1. The first-order chi connectivity index (χ1) is 15.5. The molecule has 0 saturated carbocycles. The van der Waals surface area contributed by atoms with E-state index < -0.39 is 15.9 Å². The van der Waals surface area contributed by atoms with Gasteiger partial charge in [0.25, 0.3) is 5.91 Å². The van der Waals surface area contributed by atoms with E-state index in [0.29, 0.717) is 38.6 Å². The van der Waals surface area contributed by atoms with E-state index in [1.54, 1.807) is 11.8 Å². The molecule has 1 amide bonds. The lowest BCUT2D eigenvalue weighted by Crippen LogP contribution is -2.40. The maximum absolute atomic E-state index is 12.7. The first kappa shape index (κ1) is 22.5. The van der Waals surface area contributed by atoms with Crippen LogP contribution in [0.1, 0.15) is 16.2 Å². The van der Waals surface area contributed by atoms with Crippen molar-refractivity contribution < 1.29 is 22.4 Å². The number of aryl methyl sites for hydroxylation is 1. The number of nitrogens with zero attached hydrogens (tertiary/aromatic N) is 3. The molecule has 11 heteroatoms. The molecule has 3 aromatic rings. The summed E-state index contributed by atoms with van der Waals surface area (Å²) in [5.74, 6) is 0.725. The van der Waals surface area contributed by atoms with Crippen LogP contribution in [0.5, 0.6) is 0 Å². The summed E-state index contributed by atoms with van der Waals surface area (Å²) in [6.45, 7) is 1.37. The van der Waals surface area contributed by atoms with Crippen molar-refractivity contribution in [2.24, 2.45) is 0 Å². The highest BCUT2D eigenvalue weighted by Gasteiger charge is 2.26. The molecule has 0 unspecified atom stereocenters. The Morgan fingerprint density at radius 2 is 1.75 bits per heavy atom. The molecule has 0 bridgehead atoms. The van der Waals surface area contributed by atoms with Crippen molar-refractivity contribution in [3.05, 3.63) is 66.1 Å². The Kier molecular flexibility index (Phi) is 7.20. The molecule has 1 fully saturated rings. The second-order valence-electron chi connectivity index (χ2n) is 6.91. The summed E-state index contributed by atoms with van der Waals surface area (Å²) in [5, 5.41) is 10.4. The van der Waals surface area contributed by atoms with Crippen LogP contribution in [0.2, 0.25) is 0 Å². The zero-order chi connectivity index (χ0) is 22.4. The Hall–Kier alpha value is -2.73. The molecule has 0 radical (unpaired) electrons. The number of rotatable bonds is 8. The van der Waals surface area contributed by atoms with Crippen LogP contribution >= 0.6 is 11.8 Å². The van der Waals surface area contributed by atoms with Crippen LogP contribution in [0.3, 0.4) is 0 Å². The van der Waals surface area contributed by atoms with Gasteiger partial charge in [-0.15, -0.1) is 16.9 Å². The third-order valence-corrected chi connectivity index (χ3v) is 7.67. The number of carbonyl (C=O) groups is 1. The van der Waals surface area contributed by atoms with Crippen molar-refractivity contribution in [1.29, 1.82) is 0 Å². The summed E-state index contributed by atoms with van der Waals surface area (Å²) in [6.07, 6.45) is 0.566. The summed E-state index contributed by atoms with van der Waals surface area (Å²) >= 11 is 1.67. The minimum absolute atomic E-state index is 0.000254. The topological polar surface area (TPSA) is 115 Å². The molecule has 1 aromatic heterocycles. The van der Waals surface area contributed by atoms with Gasteiger partial charge in [-0.1, -0.05) is 23.3 Å². The Labute approximate surface area is 190 Å². The van der Waals surface area contributed by atoms with Gasteiger partial charge in [0.1, 0.15) is 0 Å². The van der Waals surface area contributed by atoms with E-state index in [1.165, 1.54) is 28.6 Å². The van der Waals surface area contributed by atoms with Crippen molar-refractivity contribution in [2.75, 3.05) is 37.4 Å². The number of carbonyl (C=O) groups excluding carboxylic acids is 1. The predicted octanol–water partition coefficient (Wildman–Crippen LogP) is 2.68. The van der Waals surface area contributed by atoms with Crippen LogP contribution in [0, 0.1) is 0 Å². The highest BCUT2D eigenvalue weighted by atomic mass is 32.2. The minimum atomic E-state index is -3.61. The second kappa shape index (κ2) is 10.3. The lowest BCUT2D eigenvalue weighted by molar-refractivity contribution is 0.0730. The Morgan fingerprint density at radius 1 is 1.03 bits per heavy atom. The lowest BCUT2D eigenvalue weighted by atomic mass is 10.2. The molecule has 1 aliphatic rings. The molecule has 1 N–H and O–H groups in total. The zero-order valence-corrected chi connectivity index (χ0v) is 18.8. The number of ether oxygens (including phenoxy) is 1. The molecule has 0 atom stereocenters. The summed E-state index contributed by atoms with van der Waals surface area (Å²) in [4.78, 5) is 13.7. The predicted molar refractivity (Wildman–Crippen MR) is 119 cm³/mol. The Balaban J connectivity index is 1.32. The van der Waals surface area contributed by atoms with Crippen molar-refractivity contribution in [2.45, 2.75) is 16.2 Å². The molecule has 2 aromatic carbocycles. The Bertz CT molecular complexity index is 1140. The standard InChI is InChI=1S/C21H22N4O5S2/c26-20(16-6-8-18(9-7-16)32(27,28)25-11-13-29-14-12-25)22-21-24-23-19(30-21)10-15-31-17-4-2-1-3-5-17/h1-9H,10-15H2,(H,22,24,26). The van der Waals surface area contributed by atoms with Gasteiger partial charge in [-0.2, -0.15) is 4.31 Å². The zero-order valence-electron chi connectivity index (χ0n) is 17.1. The van der Waals surface area contributed by atoms with Crippen molar-refractivity contribution in [3.63, 3.8) is 0 Å². The van der Waals surface area contributed by atoms with Crippen LogP contribution < -0.4 is 5.32 Å². The molecule has 9 nitrogen and oxygen atoms in total. The number of sulfonamides is 1. The molecule has 4 rings (SSSR count). The third kappa shape index (κ3) is 5.54. The summed E-state index contributed by atoms with van der Waals surface area (Å²) < 4.78 is 37.4. The molecule has 0 aliphatic carbocycles. The normalized spacial score (nSPS) is 14.9. The van der Waals surface area contributed by atoms with E-state index in [0.717, 1.165) is 10.6 Å². The summed E-state index contributed by atoms with van der Waals surface area (Å²) in [7, 11) is -3.61. The first-order valence-electron chi connectivity index (χ1n) is 10.0. The molecule has 0 spiro atoms. The number of amides is 1. The van der Waals surface area contributed by atoms with E-state index in [-0.39, 0.29) is 16.5 Å². The minimum Gasteiger partial charge on any atom is -0.408 e. The maximum atomic E-state index is 12.7. The van der Waals surface area contributed by atoms with Gasteiger partial charge < -0.3 is 9.15 Å². The molecule has 1 aliphatic heterocycles. The van der Waals surface area contributed by atoms with E-state index in [1.807, 2.05) is 30.3 Å². The average Bonchev–Trinajstić information content (AvgIpc) is 3.27. The van der Waals surface area contributed by atoms with Gasteiger partial charge in [-0.05, 0) is 36.4 Å². The average molecular weight is 475 g/mol. The van der Waals surface area contributed by atoms with E-state index in [9.17, 15) is 13.2 Å². The van der Waals surface area contributed by atoms with E-state index in [4.69, 9.17) is 9.15 Å². The van der Waals surface area contributed by atoms with E-state index >= 15 is 0 Å². The fraction of sp³-hybridized carbons (Fsp3) is 0.286. The quantitative estimate of drug-likeness (QED) is 0.496. The van der Waals surface area contributed by atoms with Gasteiger partial charge in [0, 0.05) is 35.7 Å². The number of benzene rings is 2. The smallest absolute Gasteiger partial charge is 0.322 e. The van der Waals surface area contributed by atoms with Gasteiger partial charge in [0.15, 0.2) is 0 Å². The van der Waals surface area contributed by atoms with Gasteiger partial charge >= 0.3 is 6.01 Å². The van der Waals surface area contributed by atoms with Crippen LogP contribution in [-0.2, 0) is 21.2 Å². The number of anilines is 1. The third-order valence-electron chi connectivity index (χ3n) is 4.74. The summed E-state index contributed by atoms with van der Waals surface area (Å²) in [5.41, 5.74) is 0.283. The van der Waals surface area contributed by atoms with Gasteiger partial charge in [-0.3, -0.25) is 10.1 Å². The monoisotopic (exact) mass is 474 g/mol. The van der Waals surface area contributed by atoms with Gasteiger partial charge in [0.2, 0.25) is 15.9 Å².